The molecule has 1 rings (SSSR count). The van der Waals surface area contributed by atoms with Gasteiger partial charge in [-0.25, -0.2) is 0 Å². The van der Waals surface area contributed by atoms with E-state index in [0.717, 1.165) is 6.54 Å². The van der Waals surface area contributed by atoms with Gasteiger partial charge >= 0.3 is 0 Å². The predicted molar refractivity (Wildman–Crippen MR) is 59.3 cm³/mol. The van der Waals surface area contributed by atoms with Crippen LogP contribution in [-0.4, -0.2) is 48.3 Å². The van der Waals surface area contributed by atoms with Gasteiger partial charge in [0, 0.05) is 25.2 Å². The number of nitrogens with zero attached hydrogens (tertiary/aromatic N) is 1. The number of piperidine rings is 1. The molecule has 4 atom stereocenters. The molecule has 3 nitrogen and oxygen atoms in total. The molecule has 1 fully saturated rings. The van der Waals surface area contributed by atoms with E-state index in [0.29, 0.717) is 24.5 Å². The Balaban J connectivity index is 2.37. The molecule has 0 unspecified atom stereocenters. The second-order valence-corrected chi connectivity index (χ2v) is 4.87. The first-order valence-electron chi connectivity index (χ1n) is 5.62. The molecule has 0 aliphatic carbocycles. The zero-order valence-corrected chi connectivity index (χ0v) is 9.83. The smallest absolute Gasteiger partial charge is 0.0636 e. The number of aliphatic hydroxyl groups excluding tert-OH is 1. The van der Waals surface area contributed by atoms with Crippen LogP contribution in [0.2, 0.25) is 0 Å². The molecule has 1 aliphatic rings. The maximum absolute atomic E-state index is 9.21. The number of hydrogen-bond donors (Lipinski definition) is 2. The molecule has 2 N–H and O–H groups in total. The van der Waals surface area contributed by atoms with Gasteiger partial charge in [-0.3, -0.25) is 0 Å². The van der Waals surface area contributed by atoms with Gasteiger partial charge in [0.05, 0.1) is 6.10 Å². The minimum atomic E-state index is -0.239. The first kappa shape index (κ1) is 12.0. The first-order valence-corrected chi connectivity index (χ1v) is 5.62. The highest BCUT2D eigenvalue weighted by Gasteiger charge is 2.28. The van der Waals surface area contributed by atoms with Crippen LogP contribution in [0.1, 0.15) is 27.2 Å². The Hall–Kier alpha value is -0.120. The van der Waals surface area contributed by atoms with Crippen LogP contribution in [0.15, 0.2) is 0 Å². The van der Waals surface area contributed by atoms with E-state index >= 15 is 0 Å². The van der Waals surface area contributed by atoms with Crippen molar-refractivity contribution in [2.45, 2.75) is 45.4 Å². The van der Waals surface area contributed by atoms with Gasteiger partial charge in [0.2, 0.25) is 0 Å². The molecule has 0 aromatic carbocycles. The summed E-state index contributed by atoms with van der Waals surface area (Å²) in [6, 6.07) is 1.22. The third-order valence-corrected chi connectivity index (χ3v) is 3.29. The van der Waals surface area contributed by atoms with Crippen LogP contribution in [0.3, 0.4) is 0 Å². The van der Waals surface area contributed by atoms with E-state index in [1.54, 1.807) is 0 Å². The normalized spacial score (nSPS) is 37.1. The summed E-state index contributed by atoms with van der Waals surface area (Å²) in [5.74, 6) is 0.676. The van der Waals surface area contributed by atoms with Crippen molar-refractivity contribution >= 4 is 0 Å². The lowest BCUT2D eigenvalue weighted by Crippen LogP contribution is -2.51. The van der Waals surface area contributed by atoms with E-state index in [2.05, 4.69) is 31.1 Å². The van der Waals surface area contributed by atoms with Crippen LogP contribution in [-0.2, 0) is 0 Å². The minimum absolute atomic E-state index is 0.239. The molecule has 0 amide bonds. The fourth-order valence-corrected chi connectivity index (χ4v) is 2.15. The summed E-state index contributed by atoms with van der Waals surface area (Å²) in [6.07, 6.45) is 0.946. The van der Waals surface area contributed by atoms with E-state index in [4.69, 9.17) is 0 Å². The van der Waals surface area contributed by atoms with Gasteiger partial charge in [-0.15, -0.1) is 0 Å². The first-order chi connectivity index (χ1) is 6.50. The number of rotatable bonds is 3. The highest BCUT2D eigenvalue weighted by molar-refractivity contribution is 4.86. The molecular weight excluding hydrogens is 176 g/mol. The molecule has 0 bridgehead atoms. The van der Waals surface area contributed by atoms with E-state index in [-0.39, 0.29) is 6.10 Å². The maximum atomic E-state index is 9.21. The molecule has 1 saturated heterocycles. The Labute approximate surface area is 87.5 Å². The summed E-state index contributed by atoms with van der Waals surface area (Å²) in [4.78, 5) is 2.41. The quantitative estimate of drug-likeness (QED) is 0.703. The van der Waals surface area contributed by atoms with Crippen molar-refractivity contribution in [1.29, 1.82) is 0 Å². The largest absolute Gasteiger partial charge is 0.392 e. The lowest BCUT2D eigenvalue weighted by atomic mass is 9.90. The van der Waals surface area contributed by atoms with Crippen LogP contribution in [0.25, 0.3) is 0 Å². The summed E-state index contributed by atoms with van der Waals surface area (Å²) < 4.78 is 0. The van der Waals surface area contributed by atoms with Gasteiger partial charge in [0.25, 0.3) is 0 Å². The average Bonchev–Trinajstić information content (AvgIpc) is 2.09. The lowest BCUT2D eigenvalue weighted by Gasteiger charge is -2.40. The van der Waals surface area contributed by atoms with E-state index in [1.165, 1.54) is 6.42 Å². The van der Waals surface area contributed by atoms with E-state index < -0.39 is 0 Å². The van der Waals surface area contributed by atoms with Crippen molar-refractivity contribution in [1.82, 2.24) is 10.2 Å². The molecule has 0 aromatic rings. The topological polar surface area (TPSA) is 35.5 Å². The van der Waals surface area contributed by atoms with Crippen molar-refractivity contribution in [2.75, 3.05) is 20.1 Å². The van der Waals surface area contributed by atoms with Gasteiger partial charge in [-0.2, -0.15) is 0 Å². The number of nitrogens with one attached hydrogen (secondary N) is 1. The van der Waals surface area contributed by atoms with E-state index in [1.807, 2.05) is 6.92 Å². The zero-order valence-electron chi connectivity index (χ0n) is 9.83. The monoisotopic (exact) mass is 200 g/mol. The third kappa shape index (κ3) is 3.23. The summed E-state index contributed by atoms with van der Waals surface area (Å²) in [5, 5.41) is 12.7. The highest BCUT2D eigenvalue weighted by Crippen LogP contribution is 2.20. The third-order valence-electron chi connectivity index (χ3n) is 3.29. The number of hydrogen-bond acceptors (Lipinski definition) is 3. The summed E-state index contributed by atoms with van der Waals surface area (Å²) >= 11 is 0. The molecular formula is C11H24N2O. The van der Waals surface area contributed by atoms with Gasteiger partial charge < -0.3 is 15.3 Å². The van der Waals surface area contributed by atoms with Crippen LogP contribution in [0, 0.1) is 5.92 Å². The molecule has 0 spiro atoms. The van der Waals surface area contributed by atoms with Crippen LogP contribution in [0.5, 0.6) is 0 Å². The molecule has 3 heteroatoms. The Kier molecular flexibility index (Phi) is 4.35. The van der Waals surface area contributed by atoms with Crippen molar-refractivity contribution in [3.63, 3.8) is 0 Å². The molecule has 0 saturated carbocycles. The highest BCUT2D eigenvalue weighted by atomic mass is 16.3. The molecule has 0 radical (unpaired) electrons. The SMILES string of the molecule is C[C@@H]1CN(C)[C@H](C)C[C@H]1NC[C@@H](C)O. The maximum Gasteiger partial charge on any atom is 0.0636 e. The molecule has 14 heavy (non-hydrogen) atoms. The minimum Gasteiger partial charge on any atom is -0.392 e. The summed E-state index contributed by atoms with van der Waals surface area (Å²) in [7, 11) is 2.19. The van der Waals surface area contributed by atoms with Gasteiger partial charge in [-0.05, 0) is 33.2 Å². The molecule has 0 aromatic heterocycles. The van der Waals surface area contributed by atoms with Gasteiger partial charge in [0.1, 0.15) is 0 Å². The Morgan fingerprint density at radius 2 is 2.14 bits per heavy atom. The second kappa shape index (κ2) is 5.10. The van der Waals surface area contributed by atoms with Gasteiger partial charge in [0.15, 0.2) is 0 Å². The standard InChI is InChI=1S/C11H24N2O/c1-8-7-13(4)9(2)5-11(8)12-6-10(3)14/h8-12,14H,5-7H2,1-4H3/t8-,9-,10-,11-/m1/s1. The molecule has 1 heterocycles. The van der Waals surface area contributed by atoms with Crippen molar-refractivity contribution in [3.8, 4) is 0 Å². The van der Waals surface area contributed by atoms with Crippen LogP contribution < -0.4 is 5.32 Å². The fraction of sp³-hybridized carbons (Fsp3) is 1.00. The second-order valence-electron chi connectivity index (χ2n) is 4.87. The number of aliphatic hydroxyl groups is 1. The van der Waals surface area contributed by atoms with Crippen LogP contribution in [0.4, 0.5) is 0 Å². The Bertz CT molecular complexity index is 173. The van der Waals surface area contributed by atoms with Gasteiger partial charge in [-0.1, -0.05) is 6.92 Å². The zero-order chi connectivity index (χ0) is 10.7. The molecule has 84 valence electrons. The molecule has 1 aliphatic heterocycles. The summed E-state index contributed by atoms with van der Waals surface area (Å²) in [5.41, 5.74) is 0. The lowest BCUT2D eigenvalue weighted by molar-refractivity contribution is 0.109. The Morgan fingerprint density at radius 1 is 1.50 bits per heavy atom. The summed E-state index contributed by atoms with van der Waals surface area (Å²) in [6.45, 7) is 8.24. The Morgan fingerprint density at radius 3 is 2.71 bits per heavy atom. The predicted octanol–water partition coefficient (Wildman–Crippen LogP) is 0.685. The van der Waals surface area contributed by atoms with E-state index in [9.17, 15) is 5.11 Å². The fourth-order valence-electron chi connectivity index (χ4n) is 2.15. The van der Waals surface area contributed by atoms with Crippen molar-refractivity contribution in [2.24, 2.45) is 5.92 Å². The van der Waals surface area contributed by atoms with Crippen LogP contribution >= 0.6 is 0 Å². The van der Waals surface area contributed by atoms with Crippen molar-refractivity contribution in [3.05, 3.63) is 0 Å². The average molecular weight is 200 g/mol. The van der Waals surface area contributed by atoms with Crippen molar-refractivity contribution < 1.29 is 5.11 Å². The number of likely N-dealkylation sites (tertiary alicyclic amines) is 1.